The van der Waals surface area contributed by atoms with Gasteiger partial charge in [0.05, 0.1) is 6.54 Å². The Hall–Kier alpha value is -3.74. The second-order valence-electron chi connectivity index (χ2n) is 10.9. The number of nitrogens with zero attached hydrogens (tertiary/aromatic N) is 1. The zero-order valence-electron chi connectivity index (χ0n) is 25.1. The van der Waals surface area contributed by atoms with E-state index in [9.17, 15) is 9.59 Å². The number of hydrogen-bond donors (Lipinski definition) is 1. The number of aryl methyl sites for hydroxylation is 2. The SMILES string of the molecule is C=C(C)C(=O)OCCNC(=O)OCc1cc(C2=C(c3cn(CCCCCC)c4ccccc34)C(F)(F)C(F)(F)C2(F)F)c(C)s1. The number of alkyl carbamates (subject to hydrolysis) is 1. The number of unbranched alkanes of at least 4 members (excludes halogenated alkanes) is 3. The van der Waals surface area contributed by atoms with Gasteiger partial charge in [-0.15, -0.1) is 11.3 Å². The molecule has 1 amide bonds. The standard InChI is InChI=1S/C32H34F6N2O4S/c1-5-6-7-10-14-40-17-24(22-11-8-9-12-25(22)40)27-26(30(33,34)32(37,38)31(27,35)36)23-16-21(45-20(23)4)18-44-29(42)39-13-15-43-28(41)19(2)3/h8-9,11-12,16-17H,2,5-7,10,13-15,18H2,1,3-4H3,(H,39,42). The second-order valence-corrected chi connectivity index (χ2v) is 12.2. The zero-order valence-corrected chi connectivity index (χ0v) is 25.9. The Morgan fingerprint density at radius 3 is 2.31 bits per heavy atom. The fourth-order valence-electron chi connectivity index (χ4n) is 5.24. The Labute approximate surface area is 260 Å². The van der Waals surface area contributed by atoms with Crippen LogP contribution in [0.4, 0.5) is 31.1 Å². The van der Waals surface area contributed by atoms with Gasteiger partial charge in [0.1, 0.15) is 13.2 Å². The maximum absolute atomic E-state index is 15.6. The number of allylic oxidation sites excluding steroid dienone is 2. The van der Waals surface area contributed by atoms with E-state index in [4.69, 9.17) is 9.47 Å². The van der Waals surface area contributed by atoms with Gasteiger partial charge >= 0.3 is 29.8 Å². The molecule has 6 nitrogen and oxygen atoms in total. The van der Waals surface area contributed by atoms with E-state index in [1.165, 1.54) is 32.2 Å². The number of amides is 1. The number of para-hydroxylation sites is 1. The van der Waals surface area contributed by atoms with Crippen molar-refractivity contribution >= 4 is 45.4 Å². The third kappa shape index (κ3) is 6.49. The highest BCUT2D eigenvalue weighted by atomic mass is 32.1. The van der Waals surface area contributed by atoms with E-state index in [1.54, 1.807) is 16.7 Å². The van der Waals surface area contributed by atoms with Crippen molar-refractivity contribution in [2.75, 3.05) is 13.2 Å². The monoisotopic (exact) mass is 656 g/mol. The van der Waals surface area contributed by atoms with Crippen molar-refractivity contribution in [3.8, 4) is 0 Å². The summed E-state index contributed by atoms with van der Waals surface area (Å²) >= 11 is 0.855. The van der Waals surface area contributed by atoms with Crippen LogP contribution in [-0.4, -0.2) is 47.5 Å². The molecule has 1 aromatic carbocycles. The van der Waals surface area contributed by atoms with Crippen LogP contribution in [0.2, 0.25) is 0 Å². The Bertz CT molecular complexity index is 1620. The van der Waals surface area contributed by atoms with Crippen LogP contribution in [0.3, 0.4) is 0 Å². The Kier molecular flexibility index (Phi) is 10.1. The molecular weight excluding hydrogens is 622 g/mol. The van der Waals surface area contributed by atoms with Crippen LogP contribution in [-0.2, 0) is 27.4 Å². The summed E-state index contributed by atoms with van der Waals surface area (Å²) in [5, 5.41) is 2.50. The van der Waals surface area contributed by atoms with E-state index in [1.807, 2.05) is 6.92 Å². The smallest absolute Gasteiger partial charge is 0.407 e. The number of aromatic nitrogens is 1. The second kappa shape index (κ2) is 13.3. The number of nitrogens with one attached hydrogen (secondary N) is 1. The minimum Gasteiger partial charge on any atom is -0.460 e. The highest BCUT2D eigenvalue weighted by Crippen LogP contribution is 2.65. The molecule has 0 saturated carbocycles. The normalized spacial score (nSPS) is 16.6. The number of alkyl halides is 6. The van der Waals surface area contributed by atoms with Crippen LogP contribution in [0.25, 0.3) is 22.0 Å². The van der Waals surface area contributed by atoms with E-state index < -0.39 is 53.1 Å². The highest BCUT2D eigenvalue weighted by Gasteiger charge is 2.80. The lowest BCUT2D eigenvalue weighted by molar-refractivity contribution is -0.254. The van der Waals surface area contributed by atoms with Gasteiger partial charge in [-0.05, 0) is 38.0 Å². The Balaban J connectivity index is 1.68. The minimum atomic E-state index is -5.70. The summed E-state index contributed by atoms with van der Waals surface area (Å²) in [5.41, 5.74) is -3.07. The van der Waals surface area contributed by atoms with Gasteiger partial charge in [0, 0.05) is 55.7 Å². The largest absolute Gasteiger partial charge is 0.460 e. The summed E-state index contributed by atoms with van der Waals surface area (Å²) in [6, 6.07) is 7.38. The third-order valence-electron chi connectivity index (χ3n) is 7.51. The number of thiophene rings is 1. The van der Waals surface area contributed by atoms with Gasteiger partial charge in [-0.3, -0.25) is 0 Å². The summed E-state index contributed by atoms with van der Waals surface area (Å²) in [4.78, 5) is 23.7. The van der Waals surface area contributed by atoms with Gasteiger partial charge in [-0.1, -0.05) is 51.0 Å². The minimum absolute atomic E-state index is 0.0738. The molecule has 0 aliphatic heterocycles. The van der Waals surface area contributed by atoms with Crippen LogP contribution in [0, 0.1) is 6.92 Å². The Morgan fingerprint density at radius 1 is 0.978 bits per heavy atom. The van der Waals surface area contributed by atoms with Gasteiger partial charge in [-0.2, -0.15) is 26.3 Å². The topological polar surface area (TPSA) is 69.6 Å². The third-order valence-corrected chi connectivity index (χ3v) is 8.54. The molecule has 3 aromatic rings. The first-order valence-electron chi connectivity index (χ1n) is 14.4. The molecular formula is C32H34F6N2O4S. The molecule has 1 N–H and O–H groups in total. The van der Waals surface area contributed by atoms with E-state index in [0.717, 1.165) is 36.7 Å². The molecule has 1 aliphatic carbocycles. The van der Waals surface area contributed by atoms with E-state index in [0.29, 0.717) is 18.5 Å². The number of esters is 1. The first-order valence-corrected chi connectivity index (χ1v) is 15.3. The van der Waals surface area contributed by atoms with Crippen molar-refractivity contribution in [1.82, 2.24) is 9.88 Å². The maximum atomic E-state index is 15.6. The van der Waals surface area contributed by atoms with Crippen LogP contribution >= 0.6 is 11.3 Å². The lowest BCUT2D eigenvalue weighted by Gasteiger charge is -2.25. The fourth-order valence-corrected chi connectivity index (χ4v) is 6.20. The molecule has 0 bridgehead atoms. The molecule has 244 valence electrons. The van der Waals surface area contributed by atoms with Crippen molar-refractivity contribution in [1.29, 1.82) is 0 Å². The lowest BCUT2D eigenvalue weighted by atomic mass is 9.94. The maximum Gasteiger partial charge on any atom is 0.407 e. The number of hydrogen-bond acceptors (Lipinski definition) is 5. The van der Waals surface area contributed by atoms with Crippen molar-refractivity contribution < 1.29 is 45.4 Å². The van der Waals surface area contributed by atoms with Crippen LogP contribution in [0.15, 0.2) is 48.7 Å². The van der Waals surface area contributed by atoms with Crippen molar-refractivity contribution in [3.63, 3.8) is 0 Å². The van der Waals surface area contributed by atoms with Crippen molar-refractivity contribution in [3.05, 3.63) is 69.6 Å². The quantitative estimate of drug-likeness (QED) is 0.0865. The number of carbonyl (C=O) groups excluding carboxylic acids is 2. The molecule has 0 unspecified atom stereocenters. The molecule has 0 saturated heterocycles. The molecule has 2 heterocycles. The van der Waals surface area contributed by atoms with Gasteiger partial charge in [0.15, 0.2) is 0 Å². The van der Waals surface area contributed by atoms with Gasteiger partial charge in [0.2, 0.25) is 0 Å². The summed E-state index contributed by atoms with van der Waals surface area (Å²) in [6.45, 7) is 7.98. The average Bonchev–Trinajstić information content (AvgIpc) is 3.56. The summed E-state index contributed by atoms with van der Waals surface area (Å²) in [5.74, 6) is -16.7. The number of rotatable bonds is 13. The van der Waals surface area contributed by atoms with E-state index in [2.05, 4.69) is 11.9 Å². The Morgan fingerprint density at radius 2 is 1.64 bits per heavy atom. The highest BCUT2D eigenvalue weighted by molar-refractivity contribution is 7.12. The van der Waals surface area contributed by atoms with Gasteiger partial charge in [-0.25, -0.2) is 9.59 Å². The zero-order chi connectivity index (χ0) is 33.2. The molecule has 4 rings (SSSR count). The number of benzene rings is 1. The van der Waals surface area contributed by atoms with Gasteiger partial charge < -0.3 is 19.4 Å². The number of fused-ring (bicyclic) bond motifs is 1. The number of halogens is 6. The van der Waals surface area contributed by atoms with E-state index >= 15 is 26.3 Å². The number of carbonyl (C=O) groups is 2. The predicted octanol–water partition coefficient (Wildman–Crippen LogP) is 8.77. The molecule has 0 spiro atoms. The van der Waals surface area contributed by atoms with Crippen molar-refractivity contribution in [2.45, 2.75) is 77.4 Å². The summed E-state index contributed by atoms with van der Waals surface area (Å²) in [6.07, 6.45) is 3.81. The van der Waals surface area contributed by atoms with Crippen molar-refractivity contribution in [2.24, 2.45) is 0 Å². The molecule has 2 aromatic heterocycles. The van der Waals surface area contributed by atoms with Crippen LogP contribution < -0.4 is 5.32 Å². The first kappa shape index (κ1) is 34.1. The van der Waals surface area contributed by atoms with Gasteiger partial charge in [0.25, 0.3) is 0 Å². The molecule has 1 aliphatic rings. The van der Waals surface area contributed by atoms with Crippen LogP contribution in [0.5, 0.6) is 0 Å². The molecule has 13 heteroatoms. The molecule has 0 radical (unpaired) electrons. The fraction of sp³-hybridized carbons (Fsp3) is 0.438. The number of ether oxygens (including phenoxy) is 2. The summed E-state index contributed by atoms with van der Waals surface area (Å²) in [7, 11) is 0. The van der Waals surface area contributed by atoms with E-state index in [-0.39, 0.29) is 39.4 Å². The van der Waals surface area contributed by atoms with Crippen LogP contribution in [0.1, 0.15) is 60.4 Å². The molecule has 0 fully saturated rings. The average molecular weight is 657 g/mol. The summed E-state index contributed by atoms with van der Waals surface area (Å²) < 4.78 is 104. The molecule has 0 atom stereocenters. The first-order chi connectivity index (χ1) is 21.1. The lowest BCUT2D eigenvalue weighted by Crippen LogP contribution is -2.48. The molecule has 45 heavy (non-hydrogen) atoms. The predicted molar refractivity (Wildman–Crippen MR) is 161 cm³/mol.